The fourth-order valence-corrected chi connectivity index (χ4v) is 1.39. The smallest absolute Gasteiger partial charge is 0.309 e. The number of carbonyl (C=O) groups is 1. The summed E-state index contributed by atoms with van der Waals surface area (Å²) in [6.07, 6.45) is -0.0852. The molecule has 0 amide bonds. The maximum Gasteiger partial charge on any atom is 0.309 e. The molecule has 76 valence electrons. The zero-order chi connectivity index (χ0) is 10.6. The van der Waals surface area contributed by atoms with E-state index in [4.69, 9.17) is 9.84 Å². The van der Waals surface area contributed by atoms with Crippen LogP contribution in [0.1, 0.15) is 11.4 Å². The van der Waals surface area contributed by atoms with Crippen molar-refractivity contribution in [3.05, 3.63) is 28.0 Å². The normalized spacial score (nSPS) is 10.1. The summed E-state index contributed by atoms with van der Waals surface area (Å²) < 4.78 is 5.61. The summed E-state index contributed by atoms with van der Waals surface area (Å²) in [7, 11) is 1.57. The summed E-state index contributed by atoms with van der Waals surface area (Å²) in [5.74, 6) is -0.896. The highest BCUT2D eigenvalue weighted by molar-refractivity contribution is 9.10. The van der Waals surface area contributed by atoms with Gasteiger partial charge >= 0.3 is 5.97 Å². The van der Waals surface area contributed by atoms with Gasteiger partial charge in [0.25, 0.3) is 0 Å². The first-order valence-corrected chi connectivity index (χ1v) is 4.78. The molecule has 1 N–H and O–H groups in total. The first-order valence-electron chi connectivity index (χ1n) is 3.98. The molecule has 0 fully saturated rings. The first kappa shape index (κ1) is 11.1. The van der Waals surface area contributed by atoms with Gasteiger partial charge in [-0.2, -0.15) is 0 Å². The Hall–Kier alpha value is -0.940. The number of nitrogens with zero attached hydrogens (tertiary/aromatic N) is 1. The zero-order valence-electron chi connectivity index (χ0n) is 7.66. The van der Waals surface area contributed by atoms with E-state index in [1.54, 1.807) is 19.2 Å². The highest BCUT2D eigenvalue weighted by Gasteiger charge is 2.07. The van der Waals surface area contributed by atoms with E-state index in [9.17, 15) is 4.79 Å². The SMILES string of the molecule is COCc1ccc(Br)c(CC(=O)O)n1. The lowest BCUT2D eigenvalue weighted by Crippen LogP contribution is -2.05. The molecule has 0 aromatic carbocycles. The quantitative estimate of drug-likeness (QED) is 0.893. The monoisotopic (exact) mass is 259 g/mol. The molecular formula is C9H10BrNO3. The summed E-state index contributed by atoms with van der Waals surface area (Å²) in [6, 6.07) is 3.57. The third-order valence-corrected chi connectivity index (χ3v) is 2.31. The van der Waals surface area contributed by atoms with E-state index in [2.05, 4.69) is 20.9 Å². The number of rotatable bonds is 4. The predicted molar refractivity (Wildman–Crippen MR) is 54.0 cm³/mol. The van der Waals surface area contributed by atoms with Gasteiger partial charge in [0.2, 0.25) is 0 Å². The molecule has 0 radical (unpaired) electrons. The van der Waals surface area contributed by atoms with Crippen LogP contribution in [-0.2, 0) is 22.6 Å². The van der Waals surface area contributed by atoms with Gasteiger partial charge in [0, 0.05) is 11.6 Å². The van der Waals surface area contributed by atoms with Crippen molar-refractivity contribution in [2.45, 2.75) is 13.0 Å². The van der Waals surface area contributed by atoms with E-state index < -0.39 is 5.97 Å². The largest absolute Gasteiger partial charge is 0.481 e. The van der Waals surface area contributed by atoms with Gasteiger partial charge in [-0.1, -0.05) is 0 Å². The topological polar surface area (TPSA) is 59.4 Å². The Morgan fingerprint density at radius 3 is 2.93 bits per heavy atom. The number of halogens is 1. The van der Waals surface area contributed by atoms with Gasteiger partial charge in [0.15, 0.2) is 0 Å². The molecule has 1 heterocycles. The average Bonchev–Trinajstić information content (AvgIpc) is 2.10. The molecule has 0 unspecified atom stereocenters. The van der Waals surface area contributed by atoms with Gasteiger partial charge in [-0.15, -0.1) is 0 Å². The molecule has 0 atom stereocenters. The van der Waals surface area contributed by atoms with Crippen LogP contribution in [-0.4, -0.2) is 23.2 Å². The van der Waals surface area contributed by atoms with Crippen LogP contribution in [0.5, 0.6) is 0 Å². The summed E-state index contributed by atoms with van der Waals surface area (Å²) in [5, 5.41) is 8.62. The van der Waals surface area contributed by atoms with Crippen molar-refractivity contribution in [1.82, 2.24) is 4.98 Å². The number of hydrogen-bond donors (Lipinski definition) is 1. The van der Waals surface area contributed by atoms with Crippen molar-refractivity contribution in [3.63, 3.8) is 0 Å². The molecule has 1 aromatic rings. The van der Waals surface area contributed by atoms with Crippen molar-refractivity contribution in [2.24, 2.45) is 0 Å². The van der Waals surface area contributed by atoms with Gasteiger partial charge in [0.1, 0.15) is 0 Å². The Morgan fingerprint density at radius 2 is 2.36 bits per heavy atom. The third-order valence-electron chi connectivity index (χ3n) is 1.59. The lowest BCUT2D eigenvalue weighted by atomic mass is 10.2. The number of aromatic nitrogens is 1. The van der Waals surface area contributed by atoms with Crippen LogP contribution in [0.3, 0.4) is 0 Å². The molecule has 4 nitrogen and oxygen atoms in total. The third kappa shape index (κ3) is 3.08. The Morgan fingerprint density at radius 1 is 1.64 bits per heavy atom. The minimum Gasteiger partial charge on any atom is -0.481 e. The minimum atomic E-state index is -0.896. The number of ether oxygens (including phenoxy) is 1. The fraction of sp³-hybridized carbons (Fsp3) is 0.333. The Balaban J connectivity index is 2.90. The van der Waals surface area contributed by atoms with Gasteiger partial charge in [-0.3, -0.25) is 9.78 Å². The summed E-state index contributed by atoms with van der Waals surface area (Å²) in [6.45, 7) is 0.389. The maximum atomic E-state index is 10.5. The van der Waals surface area contributed by atoms with E-state index >= 15 is 0 Å². The standard InChI is InChI=1S/C9H10BrNO3/c1-14-5-6-2-3-7(10)8(11-6)4-9(12)13/h2-3H,4-5H2,1H3,(H,12,13). The van der Waals surface area contributed by atoms with E-state index in [-0.39, 0.29) is 6.42 Å². The molecule has 0 aliphatic heterocycles. The van der Waals surface area contributed by atoms with Gasteiger partial charge in [-0.25, -0.2) is 0 Å². The average molecular weight is 260 g/mol. The second kappa shape index (κ2) is 5.07. The van der Waals surface area contributed by atoms with E-state index in [0.717, 1.165) is 5.69 Å². The molecule has 5 heteroatoms. The summed E-state index contributed by atoms with van der Waals surface area (Å²) >= 11 is 3.24. The zero-order valence-corrected chi connectivity index (χ0v) is 9.24. The number of methoxy groups -OCH3 is 1. The van der Waals surface area contributed by atoms with E-state index in [1.165, 1.54) is 0 Å². The lowest BCUT2D eigenvalue weighted by Gasteiger charge is -2.04. The molecule has 1 rings (SSSR count). The molecule has 0 spiro atoms. The number of carboxylic acids is 1. The molecule has 0 aliphatic carbocycles. The summed E-state index contributed by atoms with van der Waals surface area (Å²) in [5.41, 5.74) is 1.25. The van der Waals surface area contributed by atoms with Crippen LogP contribution in [0.4, 0.5) is 0 Å². The number of pyridine rings is 1. The Bertz CT molecular complexity index is 341. The van der Waals surface area contributed by atoms with Crippen LogP contribution >= 0.6 is 15.9 Å². The van der Waals surface area contributed by atoms with Crippen molar-refractivity contribution >= 4 is 21.9 Å². The van der Waals surface area contributed by atoms with Crippen LogP contribution < -0.4 is 0 Å². The molecule has 0 saturated heterocycles. The lowest BCUT2D eigenvalue weighted by molar-refractivity contribution is -0.136. The molecule has 0 aliphatic rings. The van der Waals surface area contributed by atoms with Crippen LogP contribution in [0.15, 0.2) is 16.6 Å². The van der Waals surface area contributed by atoms with Gasteiger partial charge < -0.3 is 9.84 Å². The highest BCUT2D eigenvalue weighted by Crippen LogP contribution is 2.16. The fourth-order valence-electron chi connectivity index (χ4n) is 1.03. The van der Waals surface area contributed by atoms with Crippen LogP contribution in [0, 0.1) is 0 Å². The molecular weight excluding hydrogens is 250 g/mol. The molecule has 0 bridgehead atoms. The van der Waals surface area contributed by atoms with Crippen molar-refractivity contribution in [3.8, 4) is 0 Å². The number of carboxylic acid groups (broad SMARTS) is 1. The first-order chi connectivity index (χ1) is 6.63. The second-order valence-electron chi connectivity index (χ2n) is 2.73. The molecule has 1 aromatic heterocycles. The Labute approximate surface area is 90.0 Å². The second-order valence-corrected chi connectivity index (χ2v) is 3.59. The molecule has 14 heavy (non-hydrogen) atoms. The minimum absolute atomic E-state index is 0.0852. The molecule has 0 saturated carbocycles. The van der Waals surface area contributed by atoms with Crippen molar-refractivity contribution in [2.75, 3.05) is 7.11 Å². The van der Waals surface area contributed by atoms with E-state index in [0.29, 0.717) is 16.8 Å². The number of hydrogen-bond acceptors (Lipinski definition) is 3. The van der Waals surface area contributed by atoms with Crippen LogP contribution in [0.2, 0.25) is 0 Å². The number of aliphatic carboxylic acids is 1. The van der Waals surface area contributed by atoms with Crippen LogP contribution in [0.25, 0.3) is 0 Å². The summed E-state index contributed by atoms with van der Waals surface area (Å²) in [4.78, 5) is 14.6. The van der Waals surface area contributed by atoms with Crippen molar-refractivity contribution < 1.29 is 14.6 Å². The van der Waals surface area contributed by atoms with Gasteiger partial charge in [-0.05, 0) is 28.1 Å². The van der Waals surface area contributed by atoms with E-state index in [1.807, 2.05) is 0 Å². The highest BCUT2D eigenvalue weighted by atomic mass is 79.9. The maximum absolute atomic E-state index is 10.5. The Kier molecular flexibility index (Phi) is 4.03. The van der Waals surface area contributed by atoms with Gasteiger partial charge in [0.05, 0.1) is 24.4 Å². The van der Waals surface area contributed by atoms with Crippen molar-refractivity contribution in [1.29, 1.82) is 0 Å². The predicted octanol–water partition coefficient (Wildman–Crippen LogP) is 1.62.